The number of aliphatic hydroxyl groups excluding tert-OH is 1. The van der Waals surface area contributed by atoms with Gasteiger partial charge in [-0.05, 0) is 25.2 Å². The first kappa shape index (κ1) is 17.4. The highest BCUT2D eigenvalue weighted by Crippen LogP contribution is 2.29. The van der Waals surface area contributed by atoms with Crippen molar-refractivity contribution in [2.45, 2.75) is 37.5 Å². The molecule has 0 saturated carbocycles. The molecule has 0 aliphatic carbocycles. The molecule has 2 nitrogen and oxygen atoms in total. The molecule has 0 amide bonds. The van der Waals surface area contributed by atoms with E-state index in [0.29, 0.717) is 0 Å². The quantitative estimate of drug-likeness (QED) is 0.771. The van der Waals surface area contributed by atoms with Gasteiger partial charge < -0.3 is 10.4 Å². The molecular weight excluding hydrogens is 280 g/mol. The molecule has 0 fully saturated rings. The Labute approximate surface area is 124 Å². The normalized spacial score (nSPS) is 13.5. The van der Waals surface area contributed by atoms with Crippen molar-refractivity contribution >= 4 is 11.8 Å². The Hall–Kier alpha value is -0.650. The number of aliphatic hydroxyl groups is 1. The van der Waals surface area contributed by atoms with Crippen LogP contribution in [0.5, 0.6) is 0 Å². The van der Waals surface area contributed by atoms with Crippen molar-refractivity contribution in [3.8, 4) is 0 Å². The van der Waals surface area contributed by atoms with Crippen LogP contribution in [0.2, 0.25) is 0 Å². The molecule has 114 valence electrons. The van der Waals surface area contributed by atoms with Crippen LogP contribution in [0.1, 0.15) is 38.4 Å². The second-order valence-electron chi connectivity index (χ2n) is 4.91. The van der Waals surface area contributed by atoms with Crippen molar-refractivity contribution in [2.24, 2.45) is 0 Å². The van der Waals surface area contributed by atoms with Gasteiger partial charge >= 0.3 is 0 Å². The molecule has 5 heteroatoms. The molecule has 0 saturated heterocycles. The summed E-state index contributed by atoms with van der Waals surface area (Å²) >= 11 is 1.80. The molecule has 1 atom stereocenters. The zero-order chi connectivity index (χ0) is 15.2. The van der Waals surface area contributed by atoms with Gasteiger partial charge in [0.05, 0.1) is 6.10 Å². The molecule has 0 spiro atoms. The number of thioether (sulfide) groups is 1. The fraction of sp³-hybridized carbons (Fsp3) is 0.600. The van der Waals surface area contributed by atoms with Crippen LogP contribution >= 0.6 is 11.8 Å². The summed E-state index contributed by atoms with van der Waals surface area (Å²) in [4.78, 5) is 0. The van der Waals surface area contributed by atoms with E-state index in [2.05, 4.69) is 25.4 Å². The molecule has 0 aliphatic heterocycles. The van der Waals surface area contributed by atoms with Gasteiger partial charge in [0, 0.05) is 29.5 Å². The van der Waals surface area contributed by atoms with Gasteiger partial charge in [-0.25, -0.2) is 8.78 Å². The van der Waals surface area contributed by atoms with Crippen LogP contribution in [0.25, 0.3) is 0 Å². The molecule has 1 aromatic carbocycles. The number of benzene rings is 1. The molecule has 0 radical (unpaired) electrons. The summed E-state index contributed by atoms with van der Waals surface area (Å²) in [7, 11) is 0. The lowest BCUT2D eigenvalue weighted by Crippen LogP contribution is -2.38. The third kappa shape index (κ3) is 4.43. The van der Waals surface area contributed by atoms with Crippen molar-refractivity contribution in [1.82, 2.24) is 5.32 Å². The van der Waals surface area contributed by atoms with Crippen molar-refractivity contribution in [2.75, 3.05) is 19.3 Å². The van der Waals surface area contributed by atoms with E-state index in [9.17, 15) is 13.9 Å². The van der Waals surface area contributed by atoms with E-state index in [0.717, 1.165) is 31.5 Å². The van der Waals surface area contributed by atoms with Crippen LogP contribution in [0.3, 0.4) is 0 Å². The highest BCUT2D eigenvalue weighted by Gasteiger charge is 2.24. The topological polar surface area (TPSA) is 32.3 Å². The zero-order valence-electron chi connectivity index (χ0n) is 12.2. The Morgan fingerprint density at radius 1 is 1.30 bits per heavy atom. The molecular formula is C15H23F2NOS. The maximum Gasteiger partial charge on any atom is 0.131 e. The van der Waals surface area contributed by atoms with Gasteiger partial charge in [-0.2, -0.15) is 11.8 Å². The number of hydrogen-bond acceptors (Lipinski definition) is 3. The fourth-order valence-corrected chi connectivity index (χ4v) is 3.00. The van der Waals surface area contributed by atoms with E-state index in [-0.39, 0.29) is 16.9 Å². The molecule has 0 heterocycles. The summed E-state index contributed by atoms with van der Waals surface area (Å²) in [5, 5.41) is 13.2. The number of halogens is 2. The maximum atomic E-state index is 13.5. The molecule has 1 unspecified atom stereocenters. The summed E-state index contributed by atoms with van der Waals surface area (Å²) in [5.74, 6) is -1.34. The van der Waals surface area contributed by atoms with Gasteiger partial charge in [0.15, 0.2) is 0 Å². The van der Waals surface area contributed by atoms with Crippen molar-refractivity contribution in [3.63, 3.8) is 0 Å². The summed E-state index contributed by atoms with van der Waals surface area (Å²) in [6.07, 6.45) is 3.16. The first-order chi connectivity index (χ1) is 9.48. The fourth-order valence-electron chi connectivity index (χ4n) is 2.18. The van der Waals surface area contributed by atoms with Crippen LogP contribution in [-0.4, -0.2) is 29.2 Å². The molecule has 1 rings (SSSR count). The molecule has 0 aliphatic rings. The average Bonchev–Trinajstić information content (AvgIpc) is 2.44. The van der Waals surface area contributed by atoms with Gasteiger partial charge in [0.2, 0.25) is 0 Å². The van der Waals surface area contributed by atoms with E-state index < -0.39 is 17.7 Å². The predicted molar refractivity (Wildman–Crippen MR) is 81.0 cm³/mol. The van der Waals surface area contributed by atoms with Gasteiger partial charge in [-0.3, -0.25) is 0 Å². The first-order valence-corrected chi connectivity index (χ1v) is 8.09. The minimum atomic E-state index is -0.969. The average molecular weight is 303 g/mol. The lowest BCUT2D eigenvalue weighted by Gasteiger charge is -2.30. The summed E-state index contributed by atoms with van der Waals surface area (Å²) in [6, 6.07) is 3.24. The smallest absolute Gasteiger partial charge is 0.131 e. The number of hydrogen-bond donors (Lipinski definition) is 2. The summed E-state index contributed by atoms with van der Waals surface area (Å²) in [6.45, 7) is 5.28. The largest absolute Gasteiger partial charge is 0.387 e. The minimum Gasteiger partial charge on any atom is -0.387 e. The summed E-state index contributed by atoms with van der Waals surface area (Å²) in [5.41, 5.74) is 0.127. The monoisotopic (exact) mass is 303 g/mol. The van der Waals surface area contributed by atoms with Crippen LogP contribution in [-0.2, 0) is 0 Å². The number of rotatable bonds is 8. The van der Waals surface area contributed by atoms with Crippen LogP contribution in [0.4, 0.5) is 8.78 Å². The Kier molecular flexibility index (Phi) is 6.92. The lowest BCUT2D eigenvalue weighted by molar-refractivity contribution is 0.168. The summed E-state index contributed by atoms with van der Waals surface area (Å²) < 4.78 is 26.5. The Morgan fingerprint density at radius 3 is 2.45 bits per heavy atom. The Morgan fingerprint density at radius 2 is 1.95 bits per heavy atom. The second kappa shape index (κ2) is 7.96. The minimum absolute atomic E-state index is 0.127. The Bertz CT molecular complexity index is 416. The van der Waals surface area contributed by atoms with E-state index in [4.69, 9.17) is 0 Å². The van der Waals surface area contributed by atoms with Gasteiger partial charge in [0.1, 0.15) is 11.6 Å². The molecule has 1 aromatic rings. The second-order valence-corrected chi connectivity index (χ2v) is 6.18. The lowest BCUT2D eigenvalue weighted by atomic mass is 10.0. The molecule has 2 N–H and O–H groups in total. The van der Waals surface area contributed by atoms with E-state index in [1.54, 1.807) is 11.8 Å². The van der Waals surface area contributed by atoms with Crippen molar-refractivity contribution in [3.05, 3.63) is 35.4 Å². The van der Waals surface area contributed by atoms with Gasteiger partial charge in [-0.15, -0.1) is 0 Å². The Balaban J connectivity index is 2.57. The van der Waals surface area contributed by atoms with E-state index in [1.165, 1.54) is 6.07 Å². The van der Waals surface area contributed by atoms with Gasteiger partial charge in [0.25, 0.3) is 0 Å². The highest BCUT2D eigenvalue weighted by molar-refractivity contribution is 8.00. The van der Waals surface area contributed by atoms with Crippen LogP contribution < -0.4 is 5.32 Å². The third-order valence-electron chi connectivity index (χ3n) is 3.83. The first-order valence-electron chi connectivity index (χ1n) is 6.87. The molecule has 0 bridgehead atoms. The van der Waals surface area contributed by atoms with E-state index >= 15 is 0 Å². The predicted octanol–water partition coefficient (Wildman–Crippen LogP) is 3.51. The van der Waals surface area contributed by atoms with Crippen LogP contribution in [0, 0.1) is 11.6 Å². The molecule has 20 heavy (non-hydrogen) atoms. The maximum absolute atomic E-state index is 13.5. The standard InChI is InChI=1S/C15H23F2NOS/c1-4-15(5-2,20-3)10-18-9-14(19)12-7-6-11(16)8-13(12)17/h6-8,14,18-19H,4-5,9-10H2,1-3H3. The third-order valence-corrected chi connectivity index (χ3v) is 5.42. The van der Waals surface area contributed by atoms with Gasteiger partial charge in [-0.1, -0.05) is 19.9 Å². The van der Waals surface area contributed by atoms with E-state index in [1.807, 2.05) is 0 Å². The van der Waals surface area contributed by atoms with Crippen molar-refractivity contribution in [1.29, 1.82) is 0 Å². The van der Waals surface area contributed by atoms with Crippen LogP contribution in [0.15, 0.2) is 18.2 Å². The zero-order valence-corrected chi connectivity index (χ0v) is 13.1. The highest BCUT2D eigenvalue weighted by atomic mass is 32.2. The van der Waals surface area contributed by atoms with Crippen molar-refractivity contribution < 1.29 is 13.9 Å². The SMILES string of the molecule is CCC(CC)(CNCC(O)c1ccc(F)cc1F)SC. The number of nitrogens with one attached hydrogen (secondary N) is 1. The molecule has 0 aromatic heterocycles.